The molecule has 1 aliphatic heterocycles. The molecular weight excluding hydrogens is 264 g/mol. The van der Waals surface area contributed by atoms with E-state index in [1.54, 1.807) is 4.90 Å². The van der Waals surface area contributed by atoms with Gasteiger partial charge in [0.05, 0.1) is 18.8 Å². The first kappa shape index (κ1) is 13.5. The molecule has 1 aromatic rings. The van der Waals surface area contributed by atoms with E-state index in [1.807, 2.05) is 0 Å². The molecule has 2 atom stereocenters. The van der Waals surface area contributed by atoms with Crippen LogP contribution in [0.5, 0.6) is 0 Å². The molecule has 108 valence electrons. The molecule has 1 saturated heterocycles. The Morgan fingerprint density at radius 1 is 1.20 bits per heavy atom. The van der Waals surface area contributed by atoms with Gasteiger partial charge in [-0.25, -0.2) is 8.78 Å². The van der Waals surface area contributed by atoms with Crippen LogP contribution in [0.3, 0.4) is 0 Å². The summed E-state index contributed by atoms with van der Waals surface area (Å²) in [5, 5.41) is 0. The molecule has 3 rings (SSSR count). The Morgan fingerprint density at radius 2 is 2.00 bits per heavy atom. The minimum absolute atomic E-state index is 0.0677. The standard InChI is InChI=1S/C15H17F2NO2/c16-11-6-5-10(9-12(11)17)15(19)18-7-8-20-14-4-2-1-3-13(14)18/h5-6,9,13-14H,1-4,7-8H2/t13-,14-/m1/s1. The van der Waals surface area contributed by atoms with Crippen LogP contribution in [-0.4, -0.2) is 36.1 Å². The largest absolute Gasteiger partial charge is 0.374 e. The maximum absolute atomic E-state index is 13.3. The highest BCUT2D eigenvalue weighted by Crippen LogP contribution is 2.29. The molecule has 2 fully saturated rings. The number of benzene rings is 1. The summed E-state index contributed by atoms with van der Waals surface area (Å²) in [5.74, 6) is -2.15. The summed E-state index contributed by atoms with van der Waals surface area (Å²) in [4.78, 5) is 14.3. The fourth-order valence-corrected chi connectivity index (χ4v) is 3.14. The summed E-state index contributed by atoms with van der Waals surface area (Å²) in [6.07, 6.45) is 4.17. The van der Waals surface area contributed by atoms with Crippen molar-refractivity contribution >= 4 is 5.91 Å². The van der Waals surface area contributed by atoms with Gasteiger partial charge in [0.15, 0.2) is 11.6 Å². The van der Waals surface area contributed by atoms with Gasteiger partial charge in [0.2, 0.25) is 0 Å². The lowest BCUT2D eigenvalue weighted by molar-refractivity contribution is -0.0752. The number of nitrogens with zero attached hydrogens (tertiary/aromatic N) is 1. The molecule has 3 nitrogen and oxygen atoms in total. The number of carbonyl (C=O) groups is 1. The first-order chi connectivity index (χ1) is 9.66. The van der Waals surface area contributed by atoms with E-state index in [-0.39, 0.29) is 23.6 Å². The predicted molar refractivity (Wildman–Crippen MR) is 69.4 cm³/mol. The van der Waals surface area contributed by atoms with Gasteiger partial charge in [-0.05, 0) is 31.0 Å². The van der Waals surface area contributed by atoms with Crippen LogP contribution in [-0.2, 0) is 4.74 Å². The number of hydrogen-bond donors (Lipinski definition) is 0. The van der Waals surface area contributed by atoms with Crippen molar-refractivity contribution in [3.63, 3.8) is 0 Å². The van der Waals surface area contributed by atoms with Crippen LogP contribution < -0.4 is 0 Å². The van der Waals surface area contributed by atoms with E-state index in [0.717, 1.165) is 37.8 Å². The molecule has 1 aromatic carbocycles. The fourth-order valence-electron chi connectivity index (χ4n) is 3.14. The molecule has 1 aliphatic carbocycles. The molecule has 0 aromatic heterocycles. The van der Waals surface area contributed by atoms with Crippen LogP contribution in [0.1, 0.15) is 36.0 Å². The molecule has 0 unspecified atom stereocenters. The Kier molecular flexibility index (Phi) is 3.70. The Balaban J connectivity index is 1.83. The van der Waals surface area contributed by atoms with E-state index in [4.69, 9.17) is 4.74 Å². The monoisotopic (exact) mass is 281 g/mol. The molecule has 0 spiro atoms. The Morgan fingerprint density at radius 3 is 2.80 bits per heavy atom. The molecular formula is C15H17F2NO2. The minimum atomic E-state index is -0.982. The summed E-state index contributed by atoms with van der Waals surface area (Å²) in [6, 6.07) is 3.39. The molecule has 0 N–H and O–H groups in total. The minimum Gasteiger partial charge on any atom is -0.374 e. The quantitative estimate of drug-likeness (QED) is 0.792. The molecule has 0 bridgehead atoms. The average molecular weight is 281 g/mol. The van der Waals surface area contributed by atoms with Crippen LogP contribution in [0, 0.1) is 11.6 Å². The predicted octanol–water partition coefficient (Wildman–Crippen LogP) is 2.75. The van der Waals surface area contributed by atoms with Crippen molar-refractivity contribution in [1.29, 1.82) is 0 Å². The SMILES string of the molecule is O=C(c1ccc(F)c(F)c1)N1CCO[C@@H]2CCCC[C@H]21. The summed E-state index contributed by atoms with van der Waals surface area (Å²) < 4.78 is 31.9. The lowest BCUT2D eigenvalue weighted by Gasteiger charge is -2.43. The number of carbonyl (C=O) groups excluding carboxylic acids is 1. The second-order valence-electron chi connectivity index (χ2n) is 5.39. The van der Waals surface area contributed by atoms with Gasteiger partial charge in [0.1, 0.15) is 0 Å². The van der Waals surface area contributed by atoms with Crippen LogP contribution in [0.25, 0.3) is 0 Å². The molecule has 5 heteroatoms. The molecule has 1 heterocycles. The third kappa shape index (κ3) is 2.42. The van der Waals surface area contributed by atoms with Gasteiger partial charge in [-0.3, -0.25) is 4.79 Å². The van der Waals surface area contributed by atoms with Crippen LogP contribution in [0.4, 0.5) is 8.78 Å². The van der Waals surface area contributed by atoms with E-state index < -0.39 is 11.6 Å². The van der Waals surface area contributed by atoms with E-state index in [9.17, 15) is 13.6 Å². The number of ether oxygens (including phenoxy) is 1. The van der Waals surface area contributed by atoms with Crippen molar-refractivity contribution < 1.29 is 18.3 Å². The smallest absolute Gasteiger partial charge is 0.254 e. The van der Waals surface area contributed by atoms with Gasteiger partial charge < -0.3 is 9.64 Å². The van der Waals surface area contributed by atoms with Crippen molar-refractivity contribution in [2.24, 2.45) is 0 Å². The lowest BCUT2D eigenvalue weighted by atomic mass is 9.89. The summed E-state index contributed by atoms with van der Waals surface area (Å²) >= 11 is 0. The Bertz CT molecular complexity index is 519. The molecule has 20 heavy (non-hydrogen) atoms. The van der Waals surface area contributed by atoms with Crippen molar-refractivity contribution in [3.05, 3.63) is 35.4 Å². The summed E-state index contributed by atoms with van der Waals surface area (Å²) in [5.41, 5.74) is 0.204. The van der Waals surface area contributed by atoms with E-state index in [1.165, 1.54) is 6.07 Å². The average Bonchev–Trinajstić information content (AvgIpc) is 2.49. The normalized spacial score (nSPS) is 26.2. The fraction of sp³-hybridized carbons (Fsp3) is 0.533. The van der Waals surface area contributed by atoms with Gasteiger partial charge in [0, 0.05) is 12.1 Å². The lowest BCUT2D eigenvalue weighted by Crippen LogP contribution is -2.54. The molecule has 0 radical (unpaired) electrons. The van der Waals surface area contributed by atoms with E-state index in [2.05, 4.69) is 0 Å². The van der Waals surface area contributed by atoms with Crippen LogP contribution in [0.2, 0.25) is 0 Å². The number of fused-ring (bicyclic) bond motifs is 1. The zero-order valence-electron chi connectivity index (χ0n) is 11.1. The highest BCUT2D eigenvalue weighted by molar-refractivity contribution is 5.94. The third-order valence-electron chi connectivity index (χ3n) is 4.16. The van der Waals surface area contributed by atoms with Crippen LogP contribution in [0.15, 0.2) is 18.2 Å². The number of morpholine rings is 1. The summed E-state index contributed by atoms with van der Waals surface area (Å²) in [6.45, 7) is 1.02. The topological polar surface area (TPSA) is 29.5 Å². The number of amides is 1. The summed E-state index contributed by atoms with van der Waals surface area (Å²) in [7, 11) is 0. The number of rotatable bonds is 1. The first-order valence-electron chi connectivity index (χ1n) is 7.04. The van der Waals surface area contributed by atoms with Crippen molar-refractivity contribution in [2.75, 3.05) is 13.2 Å². The van der Waals surface area contributed by atoms with Gasteiger partial charge >= 0.3 is 0 Å². The van der Waals surface area contributed by atoms with Gasteiger partial charge in [0.25, 0.3) is 5.91 Å². The van der Waals surface area contributed by atoms with Gasteiger partial charge in [-0.15, -0.1) is 0 Å². The molecule has 1 saturated carbocycles. The molecule has 1 amide bonds. The first-order valence-corrected chi connectivity index (χ1v) is 7.04. The maximum atomic E-state index is 13.3. The number of hydrogen-bond acceptors (Lipinski definition) is 2. The second-order valence-corrected chi connectivity index (χ2v) is 5.39. The van der Waals surface area contributed by atoms with Gasteiger partial charge in [-0.2, -0.15) is 0 Å². The Hall–Kier alpha value is -1.49. The van der Waals surface area contributed by atoms with Crippen LogP contribution >= 0.6 is 0 Å². The van der Waals surface area contributed by atoms with E-state index in [0.29, 0.717) is 13.2 Å². The highest BCUT2D eigenvalue weighted by atomic mass is 19.2. The van der Waals surface area contributed by atoms with E-state index >= 15 is 0 Å². The third-order valence-corrected chi connectivity index (χ3v) is 4.16. The Labute approximate surface area is 116 Å². The number of halogens is 2. The van der Waals surface area contributed by atoms with Gasteiger partial charge in [-0.1, -0.05) is 12.8 Å². The van der Waals surface area contributed by atoms with Crippen molar-refractivity contribution in [3.8, 4) is 0 Å². The highest BCUT2D eigenvalue weighted by Gasteiger charge is 2.37. The van der Waals surface area contributed by atoms with Crippen molar-refractivity contribution in [2.45, 2.75) is 37.8 Å². The van der Waals surface area contributed by atoms with Crippen molar-refractivity contribution in [1.82, 2.24) is 4.90 Å². The zero-order valence-corrected chi connectivity index (χ0v) is 11.1. The second kappa shape index (κ2) is 5.48. The zero-order chi connectivity index (χ0) is 14.1. The molecule has 2 aliphatic rings. The maximum Gasteiger partial charge on any atom is 0.254 e.